The molecule has 2 aromatic rings. The normalized spacial score (nSPS) is 10.9. The Hall–Kier alpha value is -2.16. The Morgan fingerprint density at radius 3 is 2.67 bits per heavy atom. The highest BCUT2D eigenvalue weighted by Gasteiger charge is 2.20. The molecule has 0 aromatic carbocycles. The number of aromatic nitrogens is 4. The van der Waals surface area contributed by atoms with E-state index in [0.717, 1.165) is 4.47 Å². The molecule has 9 heteroatoms. The maximum absolute atomic E-state index is 12.1. The lowest BCUT2D eigenvalue weighted by Crippen LogP contribution is -2.18. The molecule has 2 rings (SSSR count). The van der Waals surface area contributed by atoms with Gasteiger partial charge in [0.1, 0.15) is 0 Å². The van der Waals surface area contributed by atoms with Crippen molar-refractivity contribution >= 4 is 33.5 Å². The number of aryl methyl sites for hydroxylation is 2. The van der Waals surface area contributed by atoms with E-state index in [2.05, 4.69) is 31.4 Å². The molecule has 0 unspecified atom stereocenters. The highest BCUT2D eigenvalue weighted by atomic mass is 79.9. The Kier molecular flexibility index (Phi) is 6.13. The number of anilines is 1. The van der Waals surface area contributed by atoms with Gasteiger partial charge < -0.3 is 10.1 Å². The lowest BCUT2D eigenvalue weighted by atomic mass is 10.3. The van der Waals surface area contributed by atoms with Gasteiger partial charge in [0.05, 0.1) is 22.5 Å². The zero-order valence-electron chi connectivity index (χ0n) is 13.8. The summed E-state index contributed by atoms with van der Waals surface area (Å²) in [6.45, 7) is 6.43. The molecular weight excluding hydrogens is 378 g/mol. The number of halogens is 1. The molecule has 0 radical (unpaired) electrons. The molecule has 0 spiro atoms. The van der Waals surface area contributed by atoms with E-state index < -0.39 is 5.97 Å². The molecule has 0 aliphatic rings. The molecule has 24 heavy (non-hydrogen) atoms. The lowest BCUT2D eigenvalue weighted by Gasteiger charge is -2.08. The quantitative estimate of drug-likeness (QED) is 0.724. The van der Waals surface area contributed by atoms with Crippen molar-refractivity contribution in [3.63, 3.8) is 0 Å². The summed E-state index contributed by atoms with van der Waals surface area (Å²) in [5.74, 6) is -0.778. The van der Waals surface area contributed by atoms with Crippen LogP contribution < -0.4 is 5.32 Å². The molecule has 2 aromatic heterocycles. The highest BCUT2D eigenvalue weighted by molar-refractivity contribution is 9.10. The number of nitrogens with one attached hydrogen (secondary N) is 1. The minimum absolute atomic E-state index is 0.112. The smallest absolute Gasteiger partial charge is 0.361 e. The summed E-state index contributed by atoms with van der Waals surface area (Å²) in [6.07, 6.45) is 5.03. The van der Waals surface area contributed by atoms with Crippen LogP contribution in [0.5, 0.6) is 0 Å². The Morgan fingerprint density at radius 2 is 2.08 bits per heavy atom. The topological polar surface area (TPSA) is 91.0 Å². The number of rotatable bonds is 7. The number of esters is 1. The Bertz CT molecular complexity index is 723. The van der Waals surface area contributed by atoms with Crippen LogP contribution in [-0.2, 0) is 22.6 Å². The van der Waals surface area contributed by atoms with Gasteiger partial charge in [0.2, 0.25) is 5.91 Å². The summed E-state index contributed by atoms with van der Waals surface area (Å²) in [6, 6.07) is 0. The number of hydrogen-bond acceptors (Lipinski definition) is 5. The summed E-state index contributed by atoms with van der Waals surface area (Å²) in [5.41, 5.74) is 0.467. The molecule has 0 fully saturated rings. The minimum Gasteiger partial charge on any atom is -0.458 e. The summed E-state index contributed by atoms with van der Waals surface area (Å²) in [7, 11) is 0. The number of ether oxygens (including phenoxy) is 1. The fourth-order valence-electron chi connectivity index (χ4n) is 1.98. The molecule has 0 saturated heterocycles. The van der Waals surface area contributed by atoms with E-state index in [1.54, 1.807) is 41.8 Å². The van der Waals surface area contributed by atoms with Gasteiger partial charge in [0, 0.05) is 31.9 Å². The third-order valence-corrected chi connectivity index (χ3v) is 3.48. The van der Waals surface area contributed by atoms with E-state index in [1.807, 2.05) is 6.92 Å². The van der Waals surface area contributed by atoms with Crippen molar-refractivity contribution in [1.82, 2.24) is 19.6 Å². The van der Waals surface area contributed by atoms with Crippen LogP contribution in [-0.4, -0.2) is 37.5 Å². The van der Waals surface area contributed by atoms with E-state index in [-0.39, 0.29) is 24.1 Å². The van der Waals surface area contributed by atoms with Gasteiger partial charge >= 0.3 is 5.97 Å². The molecule has 0 bridgehead atoms. The summed E-state index contributed by atoms with van der Waals surface area (Å²) >= 11 is 3.30. The van der Waals surface area contributed by atoms with E-state index in [9.17, 15) is 9.59 Å². The van der Waals surface area contributed by atoms with Crippen LogP contribution in [0.25, 0.3) is 0 Å². The van der Waals surface area contributed by atoms with Crippen molar-refractivity contribution in [3.05, 3.63) is 28.8 Å². The third-order valence-electron chi connectivity index (χ3n) is 3.07. The molecule has 0 saturated carbocycles. The van der Waals surface area contributed by atoms with Gasteiger partial charge in [-0.3, -0.25) is 14.2 Å². The zero-order valence-corrected chi connectivity index (χ0v) is 15.4. The Balaban J connectivity index is 2.03. The van der Waals surface area contributed by atoms with Crippen LogP contribution in [0.4, 0.5) is 5.69 Å². The van der Waals surface area contributed by atoms with Crippen molar-refractivity contribution in [1.29, 1.82) is 0 Å². The molecule has 1 N–H and O–H groups in total. The molecule has 0 aliphatic heterocycles. The van der Waals surface area contributed by atoms with Crippen molar-refractivity contribution < 1.29 is 14.3 Å². The number of amides is 1. The van der Waals surface area contributed by atoms with Crippen LogP contribution in [0.2, 0.25) is 0 Å². The highest BCUT2D eigenvalue weighted by Crippen LogP contribution is 2.16. The molecule has 0 atom stereocenters. The number of carbonyl (C=O) groups excluding carboxylic acids is 2. The first kappa shape index (κ1) is 18.2. The molecular formula is C15H20BrN5O3. The average Bonchev–Trinajstić information content (AvgIpc) is 3.10. The van der Waals surface area contributed by atoms with Gasteiger partial charge in [-0.15, -0.1) is 0 Å². The molecule has 8 nitrogen and oxygen atoms in total. The molecule has 130 valence electrons. The second kappa shape index (κ2) is 8.09. The maximum atomic E-state index is 12.1. The van der Waals surface area contributed by atoms with Crippen LogP contribution in [0.1, 0.15) is 37.7 Å². The monoisotopic (exact) mass is 397 g/mol. The molecule has 0 aliphatic carbocycles. The van der Waals surface area contributed by atoms with Crippen LogP contribution in [0.15, 0.2) is 23.1 Å². The lowest BCUT2D eigenvalue weighted by molar-refractivity contribution is -0.116. The van der Waals surface area contributed by atoms with Crippen LogP contribution >= 0.6 is 15.9 Å². The predicted molar refractivity (Wildman–Crippen MR) is 91.6 cm³/mol. The largest absolute Gasteiger partial charge is 0.458 e. The average molecular weight is 398 g/mol. The summed E-state index contributed by atoms with van der Waals surface area (Å²) in [5, 5.41) is 11.0. The second-order valence-corrected chi connectivity index (χ2v) is 6.34. The van der Waals surface area contributed by atoms with Gasteiger partial charge in [-0.05, 0) is 36.7 Å². The van der Waals surface area contributed by atoms with Crippen LogP contribution in [0.3, 0.4) is 0 Å². The zero-order chi connectivity index (χ0) is 17.7. The first-order valence-electron chi connectivity index (χ1n) is 7.65. The van der Waals surface area contributed by atoms with E-state index in [0.29, 0.717) is 18.8 Å². The number of carbonyl (C=O) groups is 2. The van der Waals surface area contributed by atoms with E-state index >= 15 is 0 Å². The second-order valence-electron chi connectivity index (χ2n) is 5.42. The third kappa shape index (κ3) is 4.92. The fourth-order valence-corrected chi connectivity index (χ4v) is 2.31. The van der Waals surface area contributed by atoms with Crippen LogP contribution in [0, 0.1) is 0 Å². The Labute approximate surface area is 148 Å². The van der Waals surface area contributed by atoms with Crippen molar-refractivity contribution in [2.45, 2.75) is 46.4 Å². The molecule has 1 amide bonds. The van der Waals surface area contributed by atoms with Crippen molar-refractivity contribution in [3.8, 4) is 0 Å². The predicted octanol–water partition coefficient (Wildman–Crippen LogP) is 2.46. The van der Waals surface area contributed by atoms with Gasteiger partial charge in [0.25, 0.3) is 0 Å². The maximum Gasteiger partial charge on any atom is 0.361 e. The first-order chi connectivity index (χ1) is 11.4. The van der Waals surface area contributed by atoms with Gasteiger partial charge in [-0.1, -0.05) is 0 Å². The minimum atomic E-state index is -0.552. The summed E-state index contributed by atoms with van der Waals surface area (Å²) < 4.78 is 9.26. The standard InChI is InChI=1S/C15H20BrN5O3/c1-4-20-9-12(14(19-20)15(23)24-10(2)3)18-13(22)5-6-21-8-11(16)7-17-21/h7-10H,4-6H2,1-3H3,(H,18,22). The number of hydrogen-bond donors (Lipinski definition) is 1. The van der Waals surface area contributed by atoms with Crippen molar-refractivity contribution in [2.75, 3.05) is 5.32 Å². The number of nitrogens with zero attached hydrogens (tertiary/aromatic N) is 4. The van der Waals surface area contributed by atoms with Crippen molar-refractivity contribution in [2.24, 2.45) is 0 Å². The van der Waals surface area contributed by atoms with E-state index in [4.69, 9.17) is 4.74 Å². The SMILES string of the molecule is CCn1cc(NC(=O)CCn2cc(Br)cn2)c(C(=O)OC(C)C)n1. The van der Waals surface area contributed by atoms with Gasteiger partial charge in [0.15, 0.2) is 5.69 Å². The molecule has 2 heterocycles. The van der Waals surface area contributed by atoms with Gasteiger partial charge in [-0.25, -0.2) is 4.79 Å². The first-order valence-corrected chi connectivity index (χ1v) is 8.44. The van der Waals surface area contributed by atoms with E-state index in [1.165, 1.54) is 0 Å². The fraction of sp³-hybridized carbons (Fsp3) is 0.467. The Morgan fingerprint density at radius 1 is 1.33 bits per heavy atom. The van der Waals surface area contributed by atoms with Gasteiger partial charge in [-0.2, -0.15) is 10.2 Å². The summed E-state index contributed by atoms with van der Waals surface area (Å²) in [4.78, 5) is 24.2.